The van der Waals surface area contributed by atoms with Crippen LogP contribution in [0.25, 0.3) is 11.3 Å². The lowest BCUT2D eigenvalue weighted by molar-refractivity contribution is -0.141. The van der Waals surface area contributed by atoms with Crippen LogP contribution in [0.5, 0.6) is 0 Å². The molecule has 122 valence electrons. The largest absolute Gasteiger partial charge is 0.481 e. The van der Waals surface area contributed by atoms with Crippen LogP contribution in [0, 0.1) is 5.92 Å². The van der Waals surface area contributed by atoms with Gasteiger partial charge in [0.25, 0.3) is 10.0 Å². The van der Waals surface area contributed by atoms with E-state index < -0.39 is 21.9 Å². The van der Waals surface area contributed by atoms with Gasteiger partial charge in [-0.25, -0.2) is 13.4 Å². The second-order valence-electron chi connectivity index (χ2n) is 5.16. The van der Waals surface area contributed by atoms with Crippen LogP contribution in [0.15, 0.2) is 34.5 Å². The van der Waals surface area contributed by atoms with Crippen LogP contribution >= 0.6 is 22.9 Å². The van der Waals surface area contributed by atoms with Crippen molar-refractivity contribution < 1.29 is 18.3 Å². The number of aliphatic carboxylic acids is 1. The van der Waals surface area contributed by atoms with Gasteiger partial charge in [-0.05, 0) is 6.42 Å². The summed E-state index contributed by atoms with van der Waals surface area (Å²) in [5, 5.41) is 9.05. The summed E-state index contributed by atoms with van der Waals surface area (Å²) in [5.41, 5.74) is 0.961. The van der Waals surface area contributed by atoms with Crippen molar-refractivity contribution in [2.75, 3.05) is 13.1 Å². The number of carboxylic acids is 1. The molecule has 1 aliphatic rings. The van der Waals surface area contributed by atoms with E-state index in [0.717, 1.165) is 11.3 Å². The molecule has 3 rings (SSSR count). The molecule has 2 aromatic rings. The van der Waals surface area contributed by atoms with Crippen LogP contribution in [0.2, 0.25) is 4.47 Å². The lowest BCUT2D eigenvalue weighted by Gasteiger charge is -2.15. The molecule has 1 N–H and O–H groups in total. The molecule has 1 saturated heterocycles. The third-order valence-electron chi connectivity index (χ3n) is 3.69. The molecule has 1 atom stereocenters. The number of halogens is 1. The first-order valence-corrected chi connectivity index (χ1v) is 9.48. The highest BCUT2D eigenvalue weighted by Crippen LogP contribution is 2.37. The van der Waals surface area contributed by atoms with Gasteiger partial charge in [-0.1, -0.05) is 53.3 Å². The number of rotatable bonds is 4. The Morgan fingerprint density at radius 1 is 1.35 bits per heavy atom. The number of carbonyl (C=O) groups is 1. The van der Waals surface area contributed by atoms with Crippen LogP contribution in [-0.2, 0) is 14.8 Å². The second-order valence-corrected chi connectivity index (χ2v) is 8.87. The first-order chi connectivity index (χ1) is 10.9. The number of thiazole rings is 1. The van der Waals surface area contributed by atoms with Gasteiger partial charge in [0.15, 0.2) is 8.68 Å². The molecule has 0 aliphatic carbocycles. The van der Waals surface area contributed by atoms with Crippen LogP contribution in [-0.4, -0.2) is 41.9 Å². The predicted molar refractivity (Wildman–Crippen MR) is 87.1 cm³/mol. The fraction of sp³-hybridized carbons (Fsp3) is 0.286. The summed E-state index contributed by atoms with van der Waals surface area (Å²) in [6, 6.07) is 8.91. The van der Waals surface area contributed by atoms with Crippen molar-refractivity contribution in [2.24, 2.45) is 5.92 Å². The minimum Gasteiger partial charge on any atom is -0.481 e. The van der Waals surface area contributed by atoms with Crippen molar-refractivity contribution in [1.82, 2.24) is 9.29 Å². The third kappa shape index (κ3) is 3.12. The number of hydrogen-bond donors (Lipinski definition) is 1. The molecule has 1 aromatic heterocycles. The van der Waals surface area contributed by atoms with Crippen LogP contribution in [0.4, 0.5) is 0 Å². The highest BCUT2D eigenvalue weighted by atomic mass is 35.5. The molecule has 0 bridgehead atoms. The van der Waals surface area contributed by atoms with Crippen LogP contribution in [0.1, 0.15) is 6.42 Å². The quantitative estimate of drug-likeness (QED) is 0.891. The Morgan fingerprint density at radius 3 is 2.65 bits per heavy atom. The first kappa shape index (κ1) is 16.4. The molecule has 1 unspecified atom stereocenters. The summed E-state index contributed by atoms with van der Waals surface area (Å²) in [6.45, 7) is 0.157. The summed E-state index contributed by atoms with van der Waals surface area (Å²) < 4.78 is 27.1. The zero-order chi connectivity index (χ0) is 16.6. The Bertz CT molecular complexity index is 836. The van der Waals surface area contributed by atoms with Crippen molar-refractivity contribution in [3.8, 4) is 11.3 Å². The minimum atomic E-state index is -3.82. The van der Waals surface area contributed by atoms with Crippen molar-refractivity contribution in [3.05, 3.63) is 34.8 Å². The summed E-state index contributed by atoms with van der Waals surface area (Å²) in [6.07, 6.45) is 0.307. The van der Waals surface area contributed by atoms with E-state index in [-0.39, 0.29) is 21.8 Å². The first-order valence-electron chi connectivity index (χ1n) is 6.84. The topological polar surface area (TPSA) is 87.6 Å². The third-order valence-corrected chi connectivity index (χ3v) is 7.20. The van der Waals surface area contributed by atoms with Crippen molar-refractivity contribution in [2.45, 2.75) is 10.6 Å². The Morgan fingerprint density at radius 2 is 2.04 bits per heavy atom. The van der Waals surface area contributed by atoms with Gasteiger partial charge in [-0.3, -0.25) is 4.79 Å². The average Bonchev–Trinajstić information content (AvgIpc) is 3.15. The fourth-order valence-electron chi connectivity index (χ4n) is 2.50. The van der Waals surface area contributed by atoms with E-state index in [2.05, 4.69) is 4.98 Å². The molecule has 9 heteroatoms. The maximum atomic E-state index is 12.9. The SMILES string of the molecule is O=C(O)C1CCN(S(=O)(=O)c2sc(Cl)nc2-c2ccccc2)C1. The van der Waals surface area contributed by atoms with E-state index in [9.17, 15) is 13.2 Å². The highest BCUT2D eigenvalue weighted by molar-refractivity contribution is 7.91. The number of sulfonamides is 1. The van der Waals surface area contributed by atoms with Gasteiger partial charge in [0.05, 0.1) is 5.92 Å². The van der Waals surface area contributed by atoms with E-state index in [1.54, 1.807) is 24.3 Å². The van der Waals surface area contributed by atoms with Gasteiger partial charge >= 0.3 is 5.97 Å². The fourth-order valence-corrected chi connectivity index (χ4v) is 5.84. The van der Waals surface area contributed by atoms with Gasteiger partial charge < -0.3 is 5.11 Å². The van der Waals surface area contributed by atoms with Gasteiger partial charge in [0.1, 0.15) is 5.69 Å². The van der Waals surface area contributed by atoms with E-state index in [1.165, 1.54) is 4.31 Å². The summed E-state index contributed by atoms with van der Waals surface area (Å²) >= 11 is 6.83. The zero-order valence-electron chi connectivity index (χ0n) is 11.8. The number of carboxylic acid groups (broad SMARTS) is 1. The van der Waals surface area contributed by atoms with Gasteiger partial charge in [-0.15, -0.1) is 0 Å². The number of benzene rings is 1. The average molecular weight is 373 g/mol. The van der Waals surface area contributed by atoms with Crippen molar-refractivity contribution in [1.29, 1.82) is 0 Å². The molecule has 0 radical (unpaired) electrons. The van der Waals surface area contributed by atoms with E-state index >= 15 is 0 Å². The number of hydrogen-bond acceptors (Lipinski definition) is 5. The highest BCUT2D eigenvalue weighted by Gasteiger charge is 2.38. The number of aromatic nitrogens is 1. The monoisotopic (exact) mass is 372 g/mol. The molecular formula is C14H13ClN2O4S2. The normalized spacial score (nSPS) is 19.1. The Labute approximate surface area is 142 Å². The Balaban J connectivity index is 2.00. The molecule has 6 nitrogen and oxygen atoms in total. The molecule has 0 spiro atoms. The predicted octanol–water partition coefficient (Wildman–Crippen LogP) is 2.56. The maximum absolute atomic E-state index is 12.9. The molecule has 1 aromatic carbocycles. The van der Waals surface area contributed by atoms with Crippen molar-refractivity contribution >= 4 is 38.9 Å². The molecule has 2 heterocycles. The molecular weight excluding hydrogens is 360 g/mol. The summed E-state index contributed by atoms with van der Waals surface area (Å²) in [7, 11) is -3.82. The lowest BCUT2D eigenvalue weighted by atomic mass is 10.1. The van der Waals surface area contributed by atoms with Gasteiger partial charge in [0, 0.05) is 18.7 Å². The molecule has 0 amide bonds. The molecule has 23 heavy (non-hydrogen) atoms. The lowest BCUT2D eigenvalue weighted by Crippen LogP contribution is -2.29. The van der Waals surface area contributed by atoms with Crippen LogP contribution in [0.3, 0.4) is 0 Å². The van der Waals surface area contributed by atoms with Crippen LogP contribution < -0.4 is 0 Å². The van der Waals surface area contributed by atoms with E-state index in [0.29, 0.717) is 17.7 Å². The maximum Gasteiger partial charge on any atom is 0.307 e. The van der Waals surface area contributed by atoms with Crippen molar-refractivity contribution in [3.63, 3.8) is 0 Å². The van der Waals surface area contributed by atoms with E-state index in [4.69, 9.17) is 16.7 Å². The Kier molecular flexibility index (Phi) is 4.41. The number of nitrogens with zero attached hydrogens (tertiary/aromatic N) is 2. The Hall–Kier alpha value is -1.48. The smallest absolute Gasteiger partial charge is 0.307 e. The summed E-state index contributed by atoms with van der Waals surface area (Å²) in [4.78, 5) is 15.2. The molecule has 1 fully saturated rings. The summed E-state index contributed by atoms with van der Waals surface area (Å²) in [5.74, 6) is -1.65. The second kappa shape index (κ2) is 6.20. The van der Waals surface area contributed by atoms with E-state index in [1.807, 2.05) is 6.07 Å². The zero-order valence-corrected chi connectivity index (χ0v) is 14.2. The minimum absolute atomic E-state index is 0.0264. The standard InChI is InChI=1S/C14H13ClN2O4S2/c15-14-16-11(9-4-2-1-3-5-9)13(22-14)23(20,21)17-7-6-10(8-17)12(18)19/h1-5,10H,6-8H2,(H,18,19). The molecule has 1 aliphatic heterocycles. The van der Waals surface area contributed by atoms with Gasteiger partial charge in [-0.2, -0.15) is 4.31 Å². The van der Waals surface area contributed by atoms with Gasteiger partial charge in [0.2, 0.25) is 0 Å². The molecule has 0 saturated carbocycles.